The van der Waals surface area contributed by atoms with E-state index in [1.807, 2.05) is 18.2 Å². The van der Waals surface area contributed by atoms with Gasteiger partial charge in [-0.1, -0.05) is 36.4 Å². The van der Waals surface area contributed by atoms with Crippen LogP contribution in [0.1, 0.15) is 17.7 Å². The summed E-state index contributed by atoms with van der Waals surface area (Å²) in [6, 6.07) is 18.9. The molecule has 3 aromatic rings. The van der Waals surface area contributed by atoms with Crippen molar-refractivity contribution in [1.29, 1.82) is 0 Å². The highest BCUT2D eigenvalue weighted by molar-refractivity contribution is 7.99. The van der Waals surface area contributed by atoms with Gasteiger partial charge in [0, 0.05) is 33.8 Å². The number of aliphatic hydroxyl groups excluding tert-OH is 1. The summed E-state index contributed by atoms with van der Waals surface area (Å²) in [6.45, 7) is 0.690. The van der Waals surface area contributed by atoms with Crippen molar-refractivity contribution in [2.75, 3.05) is 5.75 Å². The molecule has 0 aliphatic heterocycles. The number of nitrogens with zero attached hydrogens (tertiary/aromatic N) is 1. The number of hydrogen-bond donors (Lipinski definition) is 1. The first kappa shape index (κ1) is 14.9. The summed E-state index contributed by atoms with van der Waals surface area (Å²) in [5.74, 6) is 0.727. The van der Waals surface area contributed by atoms with E-state index in [2.05, 4.69) is 41.0 Å². The minimum atomic E-state index is -0.333. The minimum absolute atomic E-state index is 0.333. The number of aromatic nitrogens is 1. The summed E-state index contributed by atoms with van der Waals surface area (Å²) in [5.41, 5.74) is 4.22. The number of thioether (sulfide) groups is 1. The van der Waals surface area contributed by atoms with E-state index < -0.39 is 0 Å². The van der Waals surface area contributed by atoms with Crippen LogP contribution in [0.4, 0.5) is 0 Å². The van der Waals surface area contributed by atoms with E-state index in [0.717, 1.165) is 12.2 Å². The van der Waals surface area contributed by atoms with Gasteiger partial charge in [0.05, 0.1) is 6.10 Å². The summed E-state index contributed by atoms with van der Waals surface area (Å²) < 4.78 is 2.36. The fraction of sp³-hybridized carbons (Fsp3) is 0.300. The lowest BCUT2D eigenvalue weighted by molar-refractivity contribution is 0.179. The summed E-state index contributed by atoms with van der Waals surface area (Å²) in [6.07, 6.45) is 3.23. The van der Waals surface area contributed by atoms with Crippen molar-refractivity contribution in [3.05, 3.63) is 65.9 Å². The summed E-state index contributed by atoms with van der Waals surface area (Å²) in [4.78, 5) is 1.22. The van der Waals surface area contributed by atoms with Crippen LogP contribution >= 0.6 is 11.8 Å². The SMILES string of the molecule is OC(CSc1ccccc1)Cn1c2c(c3ccccc31)CCC2. The van der Waals surface area contributed by atoms with Gasteiger partial charge in [-0.2, -0.15) is 0 Å². The highest BCUT2D eigenvalue weighted by atomic mass is 32.2. The first-order valence-electron chi connectivity index (χ1n) is 8.28. The first-order chi connectivity index (χ1) is 11.3. The lowest BCUT2D eigenvalue weighted by atomic mass is 10.1. The maximum absolute atomic E-state index is 10.5. The molecule has 0 radical (unpaired) electrons. The zero-order chi connectivity index (χ0) is 15.6. The lowest BCUT2D eigenvalue weighted by Crippen LogP contribution is -2.19. The predicted octanol–water partition coefficient (Wildman–Crippen LogP) is 4.28. The first-order valence-corrected chi connectivity index (χ1v) is 9.26. The van der Waals surface area contributed by atoms with Gasteiger partial charge in [-0.05, 0) is 43.0 Å². The molecule has 1 atom stereocenters. The number of fused-ring (bicyclic) bond motifs is 3. The van der Waals surface area contributed by atoms with Gasteiger partial charge in [-0.25, -0.2) is 0 Å². The van der Waals surface area contributed by atoms with E-state index >= 15 is 0 Å². The topological polar surface area (TPSA) is 25.2 Å². The second-order valence-corrected chi connectivity index (χ2v) is 7.28. The average molecular weight is 323 g/mol. The summed E-state index contributed by atoms with van der Waals surface area (Å²) in [5, 5.41) is 11.9. The van der Waals surface area contributed by atoms with Gasteiger partial charge in [-0.15, -0.1) is 11.8 Å². The molecule has 0 amide bonds. The molecule has 1 aliphatic rings. The Labute approximate surface area is 141 Å². The molecule has 2 nitrogen and oxygen atoms in total. The van der Waals surface area contributed by atoms with E-state index in [-0.39, 0.29) is 6.10 Å². The van der Waals surface area contributed by atoms with Gasteiger partial charge in [0.25, 0.3) is 0 Å². The molecule has 23 heavy (non-hydrogen) atoms. The zero-order valence-electron chi connectivity index (χ0n) is 13.1. The predicted molar refractivity (Wildman–Crippen MR) is 97.1 cm³/mol. The Morgan fingerprint density at radius 2 is 1.78 bits per heavy atom. The van der Waals surface area contributed by atoms with E-state index in [9.17, 15) is 5.11 Å². The molecule has 118 valence electrons. The Morgan fingerprint density at radius 1 is 1.00 bits per heavy atom. The van der Waals surface area contributed by atoms with Gasteiger partial charge in [0.1, 0.15) is 0 Å². The van der Waals surface area contributed by atoms with E-state index in [0.29, 0.717) is 6.54 Å². The molecule has 0 saturated heterocycles. The molecular formula is C20H21NOS. The van der Waals surface area contributed by atoms with Crippen LogP contribution in [0.5, 0.6) is 0 Å². The molecule has 4 rings (SSSR count). The molecule has 1 heterocycles. The Hall–Kier alpha value is -1.71. The second-order valence-electron chi connectivity index (χ2n) is 6.18. The maximum Gasteiger partial charge on any atom is 0.0812 e. The van der Waals surface area contributed by atoms with E-state index in [1.54, 1.807) is 11.8 Å². The van der Waals surface area contributed by atoms with Gasteiger partial charge in [-0.3, -0.25) is 0 Å². The van der Waals surface area contributed by atoms with Crippen molar-refractivity contribution in [2.24, 2.45) is 0 Å². The quantitative estimate of drug-likeness (QED) is 0.709. The van der Waals surface area contributed by atoms with Crippen molar-refractivity contribution < 1.29 is 5.11 Å². The zero-order valence-corrected chi connectivity index (χ0v) is 13.9. The van der Waals surface area contributed by atoms with Crippen LogP contribution < -0.4 is 0 Å². The number of aliphatic hydroxyl groups is 1. The molecule has 1 aromatic heterocycles. The van der Waals surface area contributed by atoms with Crippen LogP contribution in [0, 0.1) is 0 Å². The summed E-state index contributed by atoms with van der Waals surface area (Å²) in [7, 11) is 0. The molecule has 1 N–H and O–H groups in total. The number of aryl methyl sites for hydroxylation is 1. The van der Waals surface area contributed by atoms with Crippen molar-refractivity contribution in [1.82, 2.24) is 4.57 Å². The molecular weight excluding hydrogens is 302 g/mol. The van der Waals surface area contributed by atoms with Crippen molar-refractivity contribution in [3.8, 4) is 0 Å². The Bertz CT molecular complexity index is 809. The van der Waals surface area contributed by atoms with Crippen LogP contribution in [-0.4, -0.2) is 21.5 Å². The molecule has 3 heteroatoms. The molecule has 1 aliphatic carbocycles. The molecule has 0 saturated carbocycles. The third-order valence-electron chi connectivity index (χ3n) is 4.61. The Balaban J connectivity index is 1.53. The number of rotatable bonds is 5. The Morgan fingerprint density at radius 3 is 2.65 bits per heavy atom. The van der Waals surface area contributed by atoms with Gasteiger partial charge < -0.3 is 9.67 Å². The molecule has 0 spiro atoms. The standard InChI is InChI=1S/C20H21NOS/c22-15(14-23-16-7-2-1-3-8-16)13-21-19-11-5-4-9-17(19)18-10-6-12-20(18)21/h1-5,7-9,11,15,22H,6,10,12-14H2. The van der Waals surface area contributed by atoms with Crippen LogP contribution in [0.3, 0.4) is 0 Å². The van der Waals surface area contributed by atoms with Crippen LogP contribution in [0.25, 0.3) is 10.9 Å². The maximum atomic E-state index is 10.5. The minimum Gasteiger partial charge on any atom is -0.390 e. The van der Waals surface area contributed by atoms with E-state index in [4.69, 9.17) is 0 Å². The van der Waals surface area contributed by atoms with Crippen LogP contribution in [0.2, 0.25) is 0 Å². The average Bonchev–Trinajstić information content (AvgIpc) is 3.17. The van der Waals surface area contributed by atoms with E-state index in [1.165, 1.54) is 39.9 Å². The number of para-hydroxylation sites is 1. The largest absolute Gasteiger partial charge is 0.390 e. The normalized spacial score (nSPS) is 15.0. The molecule has 2 aromatic carbocycles. The number of hydrogen-bond acceptors (Lipinski definition) is 2. The van der Waals surface area contributed by atoms with Crippen molar-refractivity contribution >= 4 is 22.7 Å². The van der Waals surface area contributed by atoms with Crippen molar-refractivity contribution in [3.63, 3.8) is 0 Å². The third-order valence-corrected chi connectivity index (χ3v) is 5.77. The lowest BCUT2D eigenvalue weighted by Gasteiger charge is -2.15. The molecule has 0 fully saturated rings. The third kappa shape index (κ3) is 2.91. The fourth-order valence-corrected chi connectivity index (χ4v) is 4.45. The highest BCUT2D eigenvalue weighted by Crippen LogP contribution is 2.33. The monoisotopic (exact) mass is 323 g/mol. The van der Waals surface area contributed by atoms with Crippen LogP contribution in [-0.2, 0) is 19.4 Å². The molecule has 1 unspecified atom stereocenters. The highest BCUT2D eigenvalue weighted by Gasteiger charge is 2.22. The van der Waals surface area contributed by atoms with Gasteiger partial charge in [0.15, 0.2) is 0 Å². The number of benzene rings is 2. The Kier molecular flexibility index (Phi) is 4.15. The van der Waals surface area contributed by atoms with Gasteiger partial charge >= 0.3 is 0 Å². The molecule has 0 bridgehead atoms. The van der Waals surface area contributed by atoms with Crippen LogP contribution in [0.15, 0.2) is 59.5 Å². The second kappa shape index (κ2) is 6.42. The summed E-state index contributed by atoms with van der Waals surface area (Å²) >= 11 is 1.73. The fourth-order valence-electron chi connectivity index (χ4n) is 3.61. The smallest absolute Gasteiger partial charge is 0.0812 e. The van der Waals surface area contributed by atoms with Crippen molar-refractivity contribution in [2.45, 2.75) is 36.8 Å². The van der Waals surface area contributed by atoms with Gasteiger partial charge in [0.2, 0.25) is 0 Å².